The summed E-state index contributed by atoms with van der Waals surface area (Å²) in [6.45, 7) is 1.94. The van der Waals surface area contributed by atoms with Crippen LogP contribution in [0.2, 0.25) is 5.02 Å². The van der Waals surface area contributed by atoms with Crippen molar-refractivity contribution in [2.75, 3.05) is 5.32 Å². The van der Waals surface area contributed by atoms with Crippen LogP contribution >= 0.6 is 23.4 Å². The second kappa shape index (κ2) is 8.23. The molecule has 0 atom stereocenters. The topological polar surface area (TPSA) is 72.7 Å². The van der Waals surface area contributed by atoms with Crippen LogP contribution in [0.25, 0.3) is 11.0 Å². The van der Waals surface area contributed by atoms with Gasteiger partial charge < -0.3 is 9.88 Å². The Morgan fingerprint density at radius 1 is 1.17 bits per heavy atom. The lowest BCUT2D eigenvalue weighted by Crippen LogP contribution is -2.12. The van der Waals surface area contributed by atoms with E-state index in [0.717, 1.165) is 27.7 Å². The Labute approximate surface area is 177 Å². The van der Waals surface area contributed by atoms with Crippen molar-refractivity contribution in [1.29, 1.82) is 0 Å². The molecule has 0 saturated heterocycles. The van der Waals surface area contributed by atoms with E-state index in [-0.39, 0.29) is 5.91 Å². The largest absolute Gasteiger partial charge is 0.330 e. The number of thioether (sulfide) groups is 1. The van der Waals surface area contributed by atoms with Crippen molar-refractivity contribution in [3.8, 4) is 0 Å². The number of carbonyl (C=O) groups excluding carboxylic acids is 1. The van der Waals surface area contributed by atoms with Crippen LogP contribution in [-0.2, 0) is 12.8 Å². The van der Waals surface area contributed by atoms with Crippen LogP contribution < -0.4 is 5.32 Å². The van der Waals surface area contributed by atoms with Gasteiger partial charge in [-0.15, -0.1) is 0 Å². The molecule has 4 rings (SSSR count). The number of amides is 1. The molecule has 0 fully saturated rings. The molecule has 0 radical (unpaired) electrons. The van der Waals surface area contributed by atoms with Gasteiger partial charge in [-0.2, -0.15) is 0 Å². The summed E-state index contributed by atoms with van der Waals surface area (Å²) in [5, 5.41) is 4.03. The molecule has 0 saturated carbocycles. The molecule has 2 aromatic heterocycles. The molecular formula is C21H18ClN5OS. The first kappa shape index (κ1) is 19.4. The van der Waals surface area contributed by atoms with Gasteiger partial charge in [0.15, 0.2) is 5.16 Å². The Bertz CT molecular complexity index is 1210. The zero-order chi connectivity index (χ0) is 20.4. The van der Waals surface area contributed by atoms with Crippen molar-refractivity contribution in [2.24, 2.45) is 7.05 Å². The first-order valence-electron chi connectivity index (χ1n) is 8.95. The quantitative estimate of drug-likeness (QED) is 0.366. The number of hydrogen-bond donors (Lipinski definition) is 1. The summed E-state index contributed by atoms with van der Waals surface area (Å²) in [6.07, 6.45) is 1.76. The lowest BCUT2D eigenvalue weighted by molar-refractivity contribution is 0.102. The molecule has 4 aromatic rings. The number of imidazole rings is 1. The van der Waals surface area contributed by atoms with E-state index in [9.17, 15) is 4.79 Å². The van der Waals surface area contributed by atoms with Crippen LogP contribution in [0.5, 0.6) is 0 Å². The zero-order valence-electron chi connectivity index (χ0n) is 15.9. The number of carbonyl (C=O) groups is 1. The minimum Gasteiger partial charge on any atom is -0.330 e. The number of benzene rings is 2. The van der Waals surface area contributed by atoms with Crippen molar-refractivity contribution >= 4 is 46.0 Å². The third-order valence-electron chi connectivity index (χ3n) is 4.45. The zero-order valence-corrected chi connectivity index (χ0v) is 17.5. The Kier molecular flexibility index (Phi) is 5.51. The molecule has 0 aliphatic carbocycles. The predicted octanol–water partition coefficient (Wildman–Crippen LogP) is 4.87. The van der Waals surface area contributed by atoms with E-state index in [4.69, 9.17) is 16.6 Å². The summed E-state index contributed by atoms with van der Waals surface area (Å²) in [6, 6.07) is 14.5. The van der Waals surface area contributed by atoms with Gasteiger partial charge in [-0.25, -0.2) is 15.0 Å². The van der Waals surface area contributed by atoms with E-state index >= 15 is 0 Å². The summed E-state index contributed by atoms with van der Waals surface area (Å²) in [5.74, 6) is 1.30. The van der Waals surface area contributed by atoms with E-state index in [1.165, 1.54) is 0 Å². The van der Waals surface area contributed by atoms with Gasteiger partial charge in [0.2, 0.25) is 0 Å². The molecule has 0 spiro atoms. The Morgan fingerprint density at radius 2 is 2.00 bits per heavy atom. The molecule has 8 heteroatoms. The summed E-state index contributed by atoms with van der Waals surface area (Å²) < 4.78 is 2.04. The predicted molar refractivity (Wildman–Crippen MR) is 116 cm³/mol. The highest BCUT2D eigenvalue weighted by molar-refractivity contribution is 7.98. The van der Waals surface area contributed by atoms with Crippen molar-refractivity contribution in [3.05, 3.63) is 76.8 Å². The molecule has 1 N–H and O–H groups in total. The standard InChI is InChI=1S/C21H18ClN5OS/c1-13-9-10-23-21(24-13)29-12-19-26-17-11-14(7-8-18(17)27(19)2)25-20(28)15-5-3-4-6-16(15)22/h3-11H,12H2,1-2H3,(H,25,28). The highest BCUT2D eigenvalue weighted by atomic mass is 35.5. The summed E-state index contributed by atoms with van der Waals surface area (Å²) in [5.41, 5.74) is 3.84. The number of nitrogens with one attached hydrogen (secondary N) is 1. The Balaban J connectivity index is 1.53. The molecule has 0 bridgehead atoms. The summed E-state index contributed by atoms with van der Waals surface area (Å²) in [7, 11) is 1.98. The molecule has 6 nitrogen and oxygen atoms in total. The fourth-order valence-corrected chi connectivity index (χ4v) is 4.01. The smallest absolute Gasteiger partial charge is 0.257 e. The number of rotatable bonds is 5. The SMILES string of the molecule is Cc1ccnc(SCc2nc3cc(NC(=O)c4ccccc4Cl)ccc3n2C)n1. The van der Waals surface area contributed by atoms with Gasteiger partial charge in [0.25, 0.3) is 5.91 Å². The number of aryl methyl sites for hydroxylation is 2. The van der Waals surface area contributed by atoms with E-state index in [1.807, 2.05) is 42.8 Å². The molecule has 146 valence electrons. The van der Waals surface area contributed by atoms with Gasteiger partial charge in [-0.05, 0) is 43.3 Å². The molecule has 1 amide bonds. The van der Waals surface area contributed by atoms with Gasteiger partial charge in [-0.3, -0.25) is 4.79 Å². The third kappa shape index (κ3) is 4.26. The molecular weight excluding hydrogens is 406 g/mol. The maximum atomic E-state index is 12.5. The molecule has 29 heavy (non-hydrogen) atoms. The van der Waals surface area contributed by atoms with Gasteiger partial charge in [0.1, 0.15) is 5.82 Å². The van der Waals surface area contributed by atoms with Crippen LogP contribution in [0.3, 0.4) is 0 Å². The number of hydrogen-bond acceptors (Lipinski definition) is 5. The van der Waals surface area contributed by atoms with E-state index in [1.54, 1.807) is 42.2 Å². The normalized spacial score (nSPS) is 11.0. The minimum absolute atomic E-state index is 0.252. The average molecular weight is 424 g/mol. The van der Waals surface area contributed by atoms with E-state index < -0.39 is 0 Å². The van der Waals surface area contributed by atoms with Crippen molar-refractivity contribution in [1.82, 2.24) is 19.5 Å². The fraction of sp³-hybridized carbons (Fsp3) is 0.143. The maximum Gasteiger partial charge on any atom is 0.257 e. The monoisotopic (exact) mass is 423 g/mol. The van der Waals surface area contributed by atoms with Gasteiger partial charge >= 0.3 is 0 Å². The molecule has 0 unspecified atom stereocenters. The highest BCUT2D eigenvalue weighted by Crippen LogP contribution is 2.25. The van der Waals surface area contributed by atoms with Crippen molar-refractivity contribution in [2.45, 2.75) is 17.8 Å². The molecule has 2 heterocycles. The minimum atomic E-state index is -0.252. The van der Waals surface area contributed by atoms with Crippen LogP contribution in [-0.4, -0.2) is 25.4 Å². The highest BCUT2D eigenvalue weighted by Gasteiger charge is 2.13. The van der Waals surface area contributed by atoms with Crippen molar-refractivity contribution in [3.63, 3.8) is 0 Å². The van der Waals surface area contributed by atoms with Gasteiger partial charge in [-0.1, -0.05) is 35.5 Å². The maximum absolute atomic E-state index is 12.5. The van der Waals surface area contributed by atoms with Crippen molar-refractivity contribution < 1.29 is 4.79 Å². The van der Waals surface area contributed by atoms with Crippen LogP contribution in [0.1, 0.15) is 21.9 Å². The van der Waals surface area contributed by atoms with Crippen LogP contribution in [0.4, 0.5) is 5.69 Å². The number of aromatic nitrogens is 4. The summed E-state index contributed by atoms with van der Waals surface area (Å²) >= 11 is 7.65. The van der Waals surface area contributed by atoms with Gasteiger partial charge in [0.05, 0.1) is 27.4 Å². The molecule has 2 aromatic carbocycles. The van der Waals surface area contributed by atoms with E-state index in [0.29, 0.717) is 22.0 Å². The number of anilines is 1. The fourth-order valence-electron chi connectivity index (χ4n) is 2.92. The molecule has 0 aliphatic rings. The van der Waals surface area contributed by atoms with Crippen LogP contribution in [0, 0.1) is 6.92 Å². The first-order chi connectivity index (χ1) is 14.0. The second-order valence-corrected chi connectivity index (χ2v) is 7.84. The second-order valence-electron chi connectivity index (χ2n) is 6.49. The number of nitrogens with zero attached hydrogens (tertiary/aromatic N) is 4. The van der Waals surface area contributed by atoms with E-state index in [2.05, 4.69) is 15.3 Å². The average Bonchev–Trinajstić information content (AvgIpc) is 3.02. The third-order valence-corrected chi connectivity index (χ3v) is 5.64. The summed E-state index contributed by atoms with van der Waals surface area (Å²) in [4.78, 5) is 25.9. The first-order valence-corrected chi connectivity index (χ1v) is 10.3. The van der Waals surface area contributed by atoms with Gasteiger partial charge in [0, 0.05) is 24.6 Å². The number of halogens is 1. The molecule has 0 aliphatic heterocycles. The van der Waals surface area contributed by atoms with Crippen LogP contribution in [0.15, 0.2) is 59.9 Å². The Morgan fingerprint density at radius 3 is 2.79 bits per heavy atom. The Hall–Kier alpha value is -2.90. The lowest BCUT2D eigenvalue weighted by atomic mass is 10.2. The number of fused-ring (bicyclic) bond motifs is 1. The lowest BCUT2D eigenvalue weighted by Gasteiger charge is -2.07.